The molecule has 59 heavy (non-hydrogen) atoms. The lowest BCUT2D eigenvalue weighted by Crippen LogP contribution is -2.07. The van der Waals surface area contributed by atoms with E-state index in [1.165, 1.54) is 11.1 Å². The number of allylic oxidation sites excluding steroid dienone is 4. The van der Waals surface area contributed by atoms with Gasteiger partial charge in [-0.3, -0.25) is 9.13 Å². The molecule has 3 heterocycles. The zero-order valence-corrected chi connectivity index (χ0v) is 32.4. The van der Waals surface area contributed by atoms with Crippen LogP contribution in [0.4, 0.5) is 0 Å². The maximum absolute atomic E-state index is 5.31. The average Bonchev–Trinajstić information content (AvgIpc) is 3.83. The van der Waals surface area contributed by atoms with Crippen LogP contribution < -0.4 is 0 Å². The van der Waals surface area contributed by atoms with Gasteiger partial charge in [0.2, 0.25) is 5.95 Å². The van der Waals surface area contributed by atoms with E-state index in [0.717, 1.165) is 78.6 Å². The zero-order chi connectivity index (χ0) is 39.3. The van der Waals surface area contributed by atoms with E-state index in [1.54, 1.807) is 0 Å². The van der Waals surface area contributed by atoms with Crippen molar-refractivity contribution in [2.45, 2.75) is 19.3 Å². The third-order valence-corrected chi connectivity index (χ3v) is 11.5. The summed E-state index contributed by atoms with van der Waals surface area (Å²) < 4.78 is 4.42. The molecule has 0 N–H and O–H groups in total. The first-order chi connectivity index (χ1) is 29.2. The van der Waals surface area contributed by atoms with Gasteiger partial charge in [0.25, 0.3) is 0 Å². The molecule has 1 aliphatic rings. The Labute approximate surface area is 342 Å². The van der Waals surface area contributed by atoms with Gasteiger partial charge in [-0.25, -0.2) is 9.97 Å². The summed E-state index contributed by atoms with van der Waals surface area (Å²) in [6.45, 7) is 2.08. The Kier molecular flexibility index (Phi) is 8.40. The maximum Gasteiger partial charge on any atom is 0.238 e. The normalized spacial score (nSPS) is 14.0. The van der Waals surface area contributed by atoms with Crippen LogP contribution in [0, 0.1) is 6.92 Å². The molecule has 0 fully saturated rings. The number of nitrogens with zero attached hydrogens (tertiary/aromatic N) is 6. The lowest BCUT2D eigenvalue weighted by atomic mass is 9.84. The second-order valence-corrected chi connectivity index (χ2v) is 15.1. The molecule has 0 spiro atoms. The van der Waals surface area contributed by atoms with E-state index in [2.05, 4.69) is 186 Å². The van der Waals surface area contributed by atoms with Gasteiger partial charge in [0.15, 0.2) is 11.6 Å². The van der Waals surface area contributed by atoms with Gasteiger partial charge in [-0.1, -0.05) is 158 Å². The highest BCUT2D eigenvalue weighted by molar-refractivity contribution is 6.09. The van der Waals surface area contributed by atoms with Gasteiger partial charge in [-0.2, -0.15) is 9.97 Å². The highest BCUT2D eigenvalue weighted by Gasteiger charge is 2.22. The fourth-order valence-electron chi connectivity index (χ4n) is 8.78. The van der Waals surface area contributed by atoms with E-state index in [0.29, 0.717) is 17.6 Å². The van der Waals surface area contributed by atoms with E-state index in [-0.39, 0.29) is 5.92 Å². The third-order valence-electron chi connectivity index (χ3n) is 11.5. The van der Waals surface area contributed by atoms with Crippen LogP contribution in [0.25, 0.3) is 84.0 Å². The summed E-state index contributed by atoms with van der Waals surface area (Å²) in [6, 6.07) is 61.5. The molecule has 0 saturated heterocycles. The molecule has 0 amide bonds. The quantitative estimate of drug-likeness (QED) is 0.162. The zero-order valence-electron chi connectivity index (χ0n) is 32.4. The highest BCUT2D eigenvalue weighted by Crippen LogP contribution is 2.40. The minimum atomic E-state index is 0.207. The predicted octanol–water partition coefficient (Wildman–Crippen LogP) is 12.7. The number of rotatable bonds is 7. The van der Waals surface area contributed by atoms with E-state index in [1.807, 2.05) is 24.3 Å². The third kappa shape index (κ3) is 6.05. The summed E-state index contributed by atoms with van der Waals surface area (Å²) in [7, 11) is 0. The molecule has 11 rings (SSSR count). The molecule has 10 aromatic rings. The first-order valence-corrected chi connectivity index (χ1v) is 20.1. The number of para-hydroxylation sites is 4. The molecular formula is C53H38N6. The second-order valence-electron chi connectivity index (χ2n) is 15.1. The molecule has 0 saturated carbocycles. The molecule has 280 valence electrons. The van der Waals surface area contributed by atoms with Crippen LogP contribution in [0.1, 0.15) is 29.3 Å². The van der Waals surface area contributed by atoms with Gasteiger partial charge >= 0.3 is 0 Å². The molecule has 0 aliphatic heterocycles. The molecule has 6 nitrogen and oxygen atoms in total. The first-order valence-electron chi connectivity index (χ1n) is 20.1. The lowest BCUT2D eigenvalue weighted by Gasteiger charge is -2.21. The van der Waals surface area contributed by atoms with E-state index >= 15 is 0 Å². The molecule has 7 aromatic carbocycles. The van der Waals surface area contributed by atoms with Crippen molar-refractivity contribution < 1.29 is 0 Å². The van der Waals surface area contributed by atoms with Gasteiger partial charge in [-0.05, 0) is 77.6 Å². The Hall–Kier alpha value is -7.70. The molecule has 1 unspecified atom stereocenters. The highest BCUT2D eigenvalue weighted by atomic mass is 15.2. The van der Waals surface area contributed by atoms with Crippen LogP contribution in [-0.2, 0) is 0 Å². The van der Waals surface area contributed by atoms with Crippen molar-refractivity contribution in [3.8, 4) is 45.5 Å². The Morgan fingerprint density at radius 1 is 0.492 bits per heavy atom. The van der Waals surface area contributed by atoms with Crippen LogP contribution in [0.15, 0.2) is 194 Å². The van der Waals surface area contributed by atoms with Crippen LogP contribution in [-0.4, -0.2) is 29.1 Å². The monoisotopic (exact) mass is 758 g/mol. The Bertz CT molecular complexity index is 3220. The van der Waals surface area contributed by atoms with Crippen LogP contribution >= 0.6 is 0 Å². The van der Waals surface area contributed by atoms with Crippen molar-refractivity contribution in [2.75, 3.05) is 0 Å². The number of aromatic nitrogens is 6. The molecule has 6 heteroatoms. The summed E-state index contributed by atoms with van der Waals surface area (Å²) in [5.74, 6) is 3.01. The Balaban J connectivity index is 1.03. The van der Waals surface area contributed by atoms with Gasteiger partial charge in [0.1, 0.15) is 5.82 Å². The van der Waals surface area contributed by atoms with Gasteiger partial charge in [0, 0.05) is 33.5 Å². The van der Waals surface area contributed by atoms with Crippen LogP contribution in [0.3, 0.4) is 0 Å². The van der Waals surface area contributed by atoms with Crippen molar-refractivity contribution >= 4 is 38.4 Å². The minimum absolute atomic E-state index is 0.207. The Morgan fingerprint density at radius 2 is 1.10 bits per heavy atom. The van der Waals surface area contributed by atoms with Gasteiger partial charge in [0.05, 0.1) is 22.1 Å². The molecule has 1 atom stereocenters. The van der Waals surface area contributed by atoms with Crippen molar-refractivity contribution in [1.82, 2.24) is 29.1 Å². The van der Waals surface area contributed by atoms with Gasteiger partial charge < -0.3 is 0 Å². The average molecular weight is 759 g/mol. The van der Waals surface area contributed by atoms with E-state index < -0.39 is 0 Å². The topological polar surface area (TPSA) is 61.4 Å². The predicted molar refractivity (Wildman–Crippen MR) is 241 cm³/mol. The summed E-state index contributed by atoms with van der Waals surface area (Å²) in [4.78, 5) is 20.5. The smallest absolute Gasteiger partial charge is 0.238 e. The van der Waals surface area contributed by atoms with Crippen molar-refractivity contribution in [3.63, 3.8) is 0 Å². The standard InChI is InChI=1S/C53H38N6/c1-35-54-47-29-11-14-32-50(47)58(35)40-22-16-20-38(34-40)37-19-15-21-39(33-37)41-23-5-6-24-42(41)43-25-7-8-28-46(43)52-55-51(36-17-3-2-4-18-36)56-53(57-52)59-48-30-12-9-26-44(48)45-27-10-13-31-49(45)59/h2-18,20-34,37H,19H2,1H3. The fourth-order valence-corrected chi connectivity index (χ4v) is 8.78. The van der Waals surface area contributed by atoms with E-state index in [9.17, 15) is 0 Å². The fraction of sp³-hybridized carbons (Fsp3) is 0.0566. The number of fused-ring (bicyclic) bond motifs is 4. The summed E-state index contributed by atoms with van der Waals surface area (Å²) in [5.41, 5.74) is 13.0. The summed E-state index contributed by atoms with van der Waals surface area (Å²) >= 11 is 0. The number of benzene rings is 7. The summed E-state index contributed by atoms with van der Waals surface area (Å²) in [6.07, 6.45) is 7.93. The van der Waals surface area contributed by atoms with Gasteiger partial charge in [-0.15, -0.1) is 0 Å². The van der Waals surface area contributed by atoms with Crippen molar-refractivity contribution in [1.29, 1.82) is 0 Å². The number of hydrogen-bond acceptors (Lipinski definition) is 4. The van der Waals surface area contributed by atoms with Crippen LogP contribution in [0.2, 0.25) is 0 Å². The SMILES string of the molecule is Cc1nc2ccccc2n1-c1cccc(C2C=C(c3ccccc3-c3ccccc3-c3nc(-c4ccccc4)nc(-n4c5ccccc5c5ccccc54)n3)C=CC2)c1. The molecule has 3 aromatic heterocycles. The number of aryl methyl sites for hydroxylation is 1. The van der Waals surface area contributed by atoms with Crippen molar-refractivity contribution in [3.05, 3.63) is 211 Å². The molecule has 0 radical (unpaired) electrons. The van der Waals surface area contributed by atoms with Crippen molar-refractivity contribution in [2.24, 2.45) is 0 Å². The molecule has 0 bridgehead atoms. The molecule has 1 aliphatic carbocycles. The summed E-state index contributed by atoms with van der Waals surface area (Å²) in [5, 5.41) is 2.31. The largest absolute Gasteiger partial charge is 0.297 e. The molecular weight excluding hydrogens is 721 g/mol. The minimum Gasteiger partial charge on any atom is -0.297 e. The first kappa shape index (κ1) is 34.5. The number of imidazole rings is 1. The number of hydrogen-bond donors (Lipinski definition) is 0. The van der Waals surface area contributed by atoms with E-state index in [4.69, 9.17) is 19.9 Å². The second kappa shape index (κ2) is 14.4. The van der Waals surface area contributed by atoms with Crippen LogP contribution in [0.5, 0.6) is 0 Å². The maximum atomic E-state index is 5.31. The Morgan fingerprint density at radius 3 is 1.86 bits per heavy atom. The lowest BCUT2D eigenvalue weighted by molar-refractivity contribution is 0.853.